The Hall–Kier alpha value is -1.30. The maximum absolute atomic E-state index is 5.33. The standard InChI is InChI=1S/C5H5N5S/c6-4-7-1-2-3(9-4)10-5(11)8-2/h1H,(H4,6,7,8,9,10,11). The molecule has 11 heavy (non-hydrogen) atoms. The second kappa shape index (κ2) is 2.09. The lowest BCUT2D eigenvalue weighted by atomic mass is 10.6. The van der Waals surface area contributed by atoms with E-state index in [4.69, 9.17) is 5.73 Å². The summed E-state index contributed by atoms with van der Waals surface area (Å²) in [6.45, 7) is 0. The average molecular weight is 167 g/mol. The van der Waals surface area contributed by atoms with Crippen molar-refractivity contribution in [2.24, 2.45) is 0 Å². The summed E-state index contributed by atoms with van der Waals surface area (Å²) in [5.74, 6) is 0.220. The molecule has 0 bridgehead atoms. The first-order valence-electron chi connectivity index (χ1n) is 2.93. The van der Waals surface area contributed by atoms with Crippen LogP contribution in [-0.2, 0) is 0 Å². The second-order valence-electron chi connectivity index (χ2n) is 2.03. The van der Waals surface area contributed by atoms with Gasteiger partial charge < -0.3 is 10.7 Å². The van der Waals surface area contributed by atoms with E-state index in [2.05, 4.69) is 32.6 Å². The molecule has 0 atom stereocenters. The molecule has 0 aliphatic heterocycles. The maximum Gasteiger partial charge on any atom is 0.222 e. The number of nitrogens with two attached hydrogens (primary N) is 1. The van der Waals surface area contributed by atoms with Gasteiger partial charge in [-0.05, 0) is 0 Å². The largest absolute Gasteiger partial charge is 0.368 e. The number of fused-ring (bicyclic) bond motifs is 1. The Morgan fingerprint density at radius 1 is 1.45 bits per heavy atom. The van der Waals surface area contributed by atoms with Crippen molar-refractivity contribution in [2.45, 2.75) is 5.16 Å². The van der Waals surface area contributed by atoms with Gasteiger partial charge in [0.15, 0.2) is 10.8 Å². The first-order valence-corrected chi connectivity index (χ1v) is 3.37. The summed E-state index contributed by atoms with van der Waals surface area (Å²) < 4.78 is 0. The van der Waals surface area contributed by atoms with Crippen LogP contribution in [0.2, 0.25) is 0 Å². The Morgan fingerprint density at radius 2 is 2.27 bits per heavy atom. The van der Waals surface area contributed by atoms with Crippen LogP contribution >= 0.6 is 12.6 Å². The number of hydrogen-bond donors (Lipinski definition) is 3. The smallest absolute Gasteiger partial charge is 0.222 e. The SMILES string of the molecule is Nc1ncc2[nH]c(S)nc2n1. The molecule has 0 aromatic carbocycles. The van der Waals surface area contributed by atoms with Gasteiger partial charge in [0, 0.05) is 0 Å². The third-order valence-corrected chi connectivity index (χ3v) is 1.46. The summed E-state index contributed by atoms with van der Waals surface area (Å²) in [6.07, 6.45) is 1.57. The fourth-order valence-electron chi connectivity index (χ4n) is 0.808. The number of imidazole rings is 1. The molecule has 5 nitrogen and oxygen atoms in total. The lowest BCUT2D eigenvalue weighted by molar-refractivity contribution is 1.08. The summed E-state index contributed by atoms with van der Waals surface area (Å²) in [7, 11) is 0. The van der Waals surface area contributed by atoms with E-state index < -0.39 is 0 Å². The van der Waals surface area contributed by atoms with Crippen molar-refractivity contribution >= 4 is 29.7 Å². The molecule has 0 saturated heterocycles. The lowest BCUT2D eigenvalue weighted by Gasteiger charge is -1.87. The van der Waals surface area contributed by atoms with Crippen molar-refractivity contribution in [3.8, 4) is 0 Å². The molecule has 0 unspecified atom stereocenters. The normalized spacial score (nSPS) is 10.6. The van der Waals surface area contributed by atoms with E-state index in [-0.39, 0.29) is 5.95 Å². The molecule has 2 rings (SSSR count). The van der Waals surface area contributed by atoms with Crippen molar-refractivity contribution in [3.63, 3.8) is 0 Å². The Balaban J connectivity index is 2.82. The highest BCUT2D eigenvalue weighted by molar-refractivity contribution is 7.80. The highest BCUT2D eigenvalue weighted by Gasteiger charge is 2.00. The highest BCUT2D eigenvalue weighted by atomic mass is 32.1. The first kappa shape index (κ1) is 6.41. The summed E-state index contributed by atoms with van der Waals surface area (Å²) in [4.78, 5) is 14.5. The van der Waals surface area contributed by atoms with Crippen LogP contribution in [-0.4, -0.2) is 19.9 Å². The number of aromatic amines is 1. The van der Waals surface area contributed by atoms with Crippen LogP contribution in [0.4, 0.5) is 5.95 Å². The van der Waals surface area contributed by atoms with Gasteiger partial charge in [-0.2, -0.15) is 4.98 Å². The van der Waals surface area contributed by atoms with Crippen molar-refractivity contribution < 1.29 is 0 Å². The molecular weight excluding hydrogens is 162 g/mol. The van der Waals surface area contributed by atoms with Gasteiger partial charge in [-0.25, -0.2) is 9.97 Å². The van der Waals surface area contributed by atoms with E-state index in [0.717, 1.165) is 5.52 Å². The topological polar surface area (TPSA) is 80.5 Å². The number of nitrogen functional groups attached to an aromatic ring is 1. The van der Waals surface area contributed by atoms with E-state index in [0.29, 0.717) is 10.8 Å². The predicted octanol–water partition coefficient (Wildman–Crippen LogP) is 0.224. The number of hydrogen-bond acceptors (Lipinski definition) is 5. The summed E-state index contributed by atoms with van der Waals surface area (Å²) in [5, 5.41) is 0.514. The van der Waals surface area contributed by atoms with Gasteiger partial charge in [-0.15, -0.1) is 12.6 Å². The molecule has 3 N–H and O–H groups in total. The van der Waals surface area contributed by atoms with Crippen LogP contribution in [0.1, 0.15) is 0 Å². The van der Waals surface area contributed by atoms with Gasteiger partial charge in [0.1, 0.15) is 5.52 Å². The maximum atomic E-state index is 5.33. The minimum absolute atomic E-state index is 0.220. The van der Waals surface area contributed by atoms with Crippen molar-refractivity contribution in [1.82, 2.24) is 19.9 Å². The van der Waals surface area contributed by atoms with Gasteiger partial charge in [-0.1, -0.05) is 0 Å². The first-order chi connectivity index (χ1) is 5.25. The van der Waals surface area contributed by atoms with E-state index in [1.54, 1.807) is 6.20 Å². The zero-order valence-corrected chi connectivity index (χ0v) is 6.34. The number of nitrogens with zero attached hydrogens (tertiary/aromatic N) is 3. The molecular formula is C5H5N5S. The molecule has 0 aliphatic carbocycles. The monoisotopic (exact) mass is 167 g/mol. The molecule has 56 valence electrons. The fourth-order valence-corrected chi connectivity index (χ4v) is 1.02. The number of H-pyrrole nitrogens is 1. The van der Waals surface area contributed by atoms with Gasteiger partial charge in [-0.3, -0.25) is 0 Å². The lowest BCUT2D eigenvalue weighted by Crippen LogP contribution is -1.93. The Kier molecular flexibility index (Phi) is 1.22. The fraction of sp³-hybridized carbons (Fsp3) is 0. The summed E-state index contributed by atoms with van der Waals surface area (Å²) in [5.41, 5.74) is 6.62. The predicted molar refractivity (Wildman–Crippen MR) is 43.3 cm³/mol. The summed E-state index contributed by atoms with van der Waals surface area (Å²) in [6, 6.07) is 0. The van der Waals surface area contributed by atoms with Gasteiger partial charge in [0.2, 0.25) is 5.95 Å². The third kappa shape index (κ3) is 1.01. The van der Waals surface area contributed by atoms with Crippen molar-refractivity contribution in [3.05, 3.63) is 6.20 Å². The molecule has 0 spiro atoms. The summed E-state index contributed by atoms with van der Waals surface area (Å²) >= 11 is 4.00. The zero-order chi connectivity index (χ0) is 7.84. The molecule has 0 saturated carbocycles. The van der Waals surface area contributed by atoms with Crippen LogP contribution in [0, 0.1) is 0 Å². The van der Waals surface area contributed by atoms with Crippen LogP contribution in [0.15, 0.2) is 11.4 Å². The molecule has 2 aromatic rings. The number of rotatable bonds is 0. The minimum Gasteiger partial charge on any atom is -0.368 e. The minimum atomic E-state index is 0.220. The van der Waals surface area contributed by atoms with Gasteiger partial charge >= 0.3 is 0 Å². The Bertz CT molecular complexity index is 395. The van der Waals surface area contributed by atoms with Crippen LogP contribution < -0.4 is 5.73 Å². The molecule has 2 heterocycles. The second-order valence-corrected chi connectivity index (χ2v) is 2.45. The third-order valence-electron chi connectivity index (χ3n) is 1.25. The molecule has 2 aromatic heterocycles. The molecule has 0 aliphatic rings. The van der Waals surface area contributed by atoms with E-state index in [9.17, 15) is 0 Å². The molecule has 0 radical (unpaired) electrons. The molecule has 0 fully saturated rings. The van der Waals surface area contributed by atoms with Crippen LogP contribution in [0.5, 0.6) is 0 Å². The molecule has 6 heteroatoms. The van der Waals surface area contributed by atoms with Crippen molar-refractivity contribution in [1.29, 1.82) is 0 Å². The number of thiol groups is 1. The number of aromatic nitrogens is 4. The van der Waals surface area contributed by atoms with Crippen LogP contribution in [0.3, 0.4) is 0 Å². The average Bonchev–Trinajstić information content (AvgIpc) is 2.27. The number of anilines is 1. The van der Waals surface area contributed by atoms with E-state index in [1.807, 2.05) is 0 Å². The number of nitrogens with one attached hydrogen (secondary N) is 1. The zero-order valence-electron chi connectivity index (χ0n) is 5.44. The molecule has 0 amide bonds. The van der Waals surface area contributed by atoms with Gasteiger partial charge in [0.05, 0.1) is 6.20 Å². The Labute approximate surface area is 67.5 Å². The van der Waals surface area contributed by atoms with Crippen LogP contribution in [0.25, 0.3) is 11.2 Å². The van der Waals surface area contributed by atoms with Gasteiger partial charge in [0.25, 0.3) is 0 Å². The quantitative estimate of drug-likeness (QED) is 0.490. The van der Waals surface area contributed by atoms with Crippen molar-refractivity contribution in [2.75, 3.05) is 5.73 Å². The Morgan fingerprint density at radius 3 is 3.09 bits per heavy atom. The van der Waals surface area contributed by atoms with E-state index in [1.165, 1.54) is 0 Å². The van der Waals surface area contributed by atoms with E-state index >= 15 is 0 Å². The highest BCUT2D eigenvalue weighted by Crippen LogP contribution is 2.09.